The fourth-order valence-corrected chi connectivity index (χ4v) is 3.98. The van der Waals surface area contributed by atoms with Gasteiger partial charge in [0.05, 0.1) is 24.1 Å². The van der Waals surface area contributed by atoms with Crippen molar-refractivity contribution in [1.29, 1.82) is 0 Å². The van der Waals surface area contributed by atoms with Gasteiger partial charge in [0.15, 0.2) is 0 Å². The molecule has 7 nitrogen and oxygen atoms in total. The number of nitrogens with one attached hydrogen (secondary N) is 1. The summed E-state index contributed by atoms with van der Waals surface area (Å²) in [6, 6.07) is 10.2. The highest BCUT2D eigenvalue weighted by molar-refractivity contribution is 6.02. The summed E-state index contributed by atoms with van der Waals surface area (Å²) in [6.45, 7) is 6.45. The first-order valence-corrected chi connectivity index (χ1v) is 10.9. The molecule has 3 heterocycles. The third-order valence-corrected chi connectivity index (χ3v) is 5.66. The topological polar surface area (TPSA) is 76.2 Å². The molecule has 2 aromatic heterocycles. The Labute approximate surface area is 182 Å². The maximum absolute atomic E-state index is 13.2. The van der Waals surface area contributed by atoms with Gasteiger partial charge in [-0.25, -0.2) is 0 Å². The summed E-state index contributed by atoms with van der Waals surface area (Å²) in [5, 5.41) is 11.9. The van der Waals surface area contributed by atoms with Crippen LogP contribution < -0.4 is 10.2 Å². The lowest BCUT2D eigenvalue weighted by molar-refractivity contribution is -0.118. The van der Waals surface area contributed by atoms with Crippen LogP contribution in [0.15, 0.2) is 59.1 Å². The number of allylic oxidation sites excluding steroid dienone is 1. The van der Waals surface area contributed by atoms with Crippen molar-refractivity contribution in [3.63, 3.8) is 0 Å². The number of nitrogens with zero attached hydrogens (tertiary/aromatic N) is 4. The second-order valence-corrected chi connectivity index (χ2v) is 7.94. The second-order valence-electron chi connectivity index (χ2n) is 7.94. The molecule has 1 unspecified atom stereocenters. The van der Waals surface area contributed by atoms with E-state index in [0.717, 1.165) is 54.2 Å². The number of aromatic nitrogens is 3. The molecule has 1 atom stereocenters. The van der Waals surface area contributed by atoms with Gasteiger partial charge in [-0.2, -0.15) is 5.10 Å². The van der Waals surface area contributed by atoms with E-state index in [0.29, 0.717) is 6.54 Å². The lowest BCUT2D eigenvalue weighted by Gasteiger charge is -2.14. The van der Waals surface area contributed by atoms with E-state index < -0.39 is 0 Å². The molecule has 0 aliphatic carbocycles. The number of carbonyl (C=O) groups excluding carboxylic acids is 1. The lowest BCUT2D eigenvalue weighted by Crippen LogP contribution is -2.30. The van der Waals surface area contributed by atoms with Crippen molar-refractivity contribution < 1.29 is 9.32 Å². The molecular formula is C24H29N5O2. The molecule has 31 heavy (non-hydrogen) atoms. The van der Waals surface area contributed by atoms with Crippen LogP contribution in [0, 0.1) is 13.8 Å². The lowest BCUT2D eigenvalue weighted by atomic mass is 10.0. The molecule has 0 radical (unpaired) electrons. The Kier molecular flexibility index (Phi) is 6.21. The van der Waals surface area contributed by atoms with Gasteiger partial charge in [-0.05, 0) is 51.2 Å². The Hall–Kier alpha value is -3.35. The molecule has 0 spiro atoms. The second kappa shape index (κ2) is 9.20. The zero-order valence-electron chi connectivity index (χ0n) is 18.3. The zero-order valence-corrected chi connectivity index (χ0v) is 18.3. The average molecular weight is 420 g/mol. The molecule has 1 fully saturated rings. The van der Waals surface area contributed by atoms with Gasteiger partial charge in [0, 0.05) is 11.8 Å². The minimum absolute atomic E-state index is 0.0738. The number of anilines is 1. The van der Waals surface area contributed by atoms with Gasteiger partial charge in [-0.3, -0.25) is 14.4 Å². The third kappa shape index (κ3) is 4.55. The van der Waals surface area contributed by atoms with E-state index in [4.69, 9.17) is 4.52 Å². The van der Waals surface area contributed by atoms with Gasteiger partial charge in [-0.15, -0.1) is 0 Å². The molecular weight excluding hydrogens is 390 g/mol. The number of hydrogen-bond acceptors (Lipinski definition) is 5. The first-order valence-electron chi connectivity index (χ1n) is 10.9. The van der Waals surface area contributed by atoms with Gasteiger partial charge in [0.2, 0.25) is 0 Å². The van der Waals surface area contributed by atoms with Crippen molar-refractivity contribution in [3.05, 3.63) is 77.2 Å². The van der Waals surface area contributed by atoms with Crippen LogP contribution in [-0.2, 0) is 17.8 Å². The van der Waals surface area contributed by atoms with Gasteiger partial charge in [-0.1, -0.05) is 42.4 Å². The van der Waals surface area contributed by atoms with E-state index in [1.54, 1.807) is 11.1 Å². The van der Waals surface area contributed by atoms with Crippen molar-refractivity contribution in [2.75, 3.05) is 4.90 Å². The molecule has 1 aliphatic heterocycles. The average Bonchev–Trinajstić information content (AvgIpc) is 3.44. The molecule has 0 saturated carbocycles. The van der Waals surface area contributed by atoms with E-state index in [1.165, 1.54) is 5.56 Å². The predicted octanol–water partition coefficient (Wildman–Crippen LogP) is 4.12. The van der Waals surface area contributed by atoms with Crippen LogP contribution in [-0.4, -0.2) is 26.9 Å². The SMILES string of the molecule is CC/C=C1/NC(CCCc2ccccc2)C(=O)N1c1cnn(Cc2c(C)noc2C)c1. The highest BCUT2D eigenvalue weighted by Crippen LogP contribution is 2.26. The fraction of sp³-hybridized carbons (Fsp3) is 0.375. The highest BCUT2D eigenvalue weighted by Gasteiger charge is 2.36. The first kappa shape index (κ1) is 20.9. The van der Waals surface area contributed by atoms with Crippen LogP contribution in [0.4, 0.5) is 5.69 Å². The Morgan fingerprint density at radius 3 is 2.74 bits per heavy atom. The van der Waals surface area contributed by atoms with Crippen LogP contribution in [0.2, 0.25) is 0 Å². The molecule has 0 bridgehead atoms. The Morgan fingerprint density at radius 2 is 2.03 bits per heavy atom. The molecule has 7 heteroatoms. The summed E-state index contributed by atoms with van der Waals surface area (Å²) < 4.78 is 7.07. The van der Waals surface area contributed by atoms with Crippen molar-refractivity contribution in [3.8, 4) is 0 Å². The summed E-state index contributed by atoms with van der Waals surface area (Å²) in [5.74, 6) is 1.71. The van der Waals surface area contributed by atoms with Crippen LogP contribution in [0.5, 0.6) is 0 Å². The van der Waals surface area contributed by atoms with Crippen molar-refractivity contribution >= 4 is 11.6 Å². The third-order valence-electron chi connectivity index (χ3n) is 5.66. The molecule has 3 aromatic rings. The van der Waals surface area contributed by atoms with Crippen molar-refractivity contribution in [1.82, 2.24) is 20.3 Å². The van der Waals surface area contributed by atoms with Gasteiger partial charge in [0.25, 0.3) is 5.91 Å². The Morgan fingerprint density at radius 1 is 1.23 bits per heavy atom. The number of amides is 1. The smallest absolute Gasteiger partial charge is 0.255 e. The number of benzene rings is 1. The van der Waals surface area contributed by atoms with Crippen molar-refractivity contribution in [2.24, 2.45) is 0 Å². The van der Waals surface area contributed by atoms with E-state index in [1.807, 2.05) is 30.8 Å². The van der Waals surface area contributed by atoms with Crippen LogP contribution in [0.3, 0.4) is 0 Å². The predicted molar refractivity (Wildman–Crippen MR) is 119 cm³/mol. The van der Waals surface area contributed by atoms with E-state index >= 15 is 0 Å². The number of carbonyl (C=O) groups is 1. The standard InChI is InChI=1S/C24H29N5O2/c1-4-9-23-26-22(13-8-12-19-10-6-5-7-11-19)24(30)29(23)20-14-25-28(15-20)16-21-17(2)27-31-18(21)3/h5-7,9-11,14-15,22,26H,4,8,12-13,16H2,1-3H3/b23-9-. The monoisotopic (exact) mass is 419 g/mol. The van der Waals surface area contributed by atoms with Crippen LogP contribution >= 0.6 is 0 Å². The summed E-state index contributed by atoms with van der Waals surface area (Å²) in [6.07, 6.45) is 9.25. The molecule has 1 aromatic carbocycles. The zero-order chi connectivity index (χ0) is 21.8. The van der Waals surface area contributed by atoms with Gasteiger partial charge in [0.1, 0.15) is 17.6 Å². The Balaban J connectivity index is 1.46. The fourth-order valence-electron chi connectivity index (χ4n) is 3.98. The number of hydrogen-bond donors (Lipinski definition) is 1. The quantitative estimate of drug-likeness (QED) is 0.594. The van der Waals surface area contributed by atoms with Crippen LogP contribution in [0.1, 0.15) is 48.8 Å². The minimum atomic E-state index is -0.215. The summed E-state index contributed by atoms with van der Waals surface area (Å²) in [4.78, 5) is 15.0. The van der Waals surface area contributed by atoms with Crippen molar-refractivity contribution in [2.45, 2.75) is 59.0 Å². The number of rotatable bonds is 8. The summed E-state index contributed by atoms with van der Waals surface area (Å²) in [7, 11) is 0. The summed E-state index contributed by atoms with van der Waals surface area (Å²) in [5.41, 5.74) is 3.95. The summed E-state index contributed by atoms with van der Waals surface area (Å²) >= 11 is 0. The maximum Gasteiger partial charge on any atom is 0.255 e. The molecule has 1 aliphatic rings. The van der Waals surface area contributed by atoms with Crippen LogP contribution in [0.25, 0.3) is 0 Å². The molecule has 1 N–H and O–H groups in total. The largest absolute Gasteiger partial charge is 0.361 e. The molecule has 4 rings (SSSR count). The van der Waals surface area contributed by atoms with E-state index in [-0.39, 0.29) is 11.9 Å². The normalized spacial score (nSPS) is 17.5. The molecule has 162 valence electrons. The Bertz CT molecular complexity index is 1050. The molecule has 1 saturated heterocycles. The van der Waals surface area contributed by atoms with Gasteiger partial charge < -0.3 is 9.84 Å². The minimum Gasteiger partial charge on any atom is -0.361 e. The highest BCUT2D eigenvalue weighted by atomic mass is 16.5. The van der Waals surface area contributed by atoms with E-state index in [2.05, 4.69) is 52.8 Å². The van der Waals surface area contributed by atoms with E-state index in [9.17, 15) is 4.79 Å². The number of aryl methyl sites for hydroxylation is 3. The first-order chi connectivity index (χ1) is 15.1. The van der Waals surface area contributed by atoms with Gasteiger partial charge >= 0.3 is 0 Å². The molecule has 1 amide bonds. The maximum atomic E-state index is 13.2.